The van der Waals surface area contributed by atoms with Crippen LogP contribution in [-0.4, -0.2) is 32.1 Å². The summed E-state index contributed by atoms with van der Waals surface area (Å²) in [7, 11) is 1.65. The lowest BCUT2D eigenvalue weighted by Crippen LogP contribution is -2.01. The fraction of sp³-hybridized carbons (Fsp3) is 0.273. The lowest BCUT2D eigenvalue weighted by molar-refractivity contribution is 0.415. The number of ether oxygens (including phenoxy) is 1. The maximum Gasteiger partial charge on any atom is 0.247 e. The minimum absolute atomic E-state index is 0.0603. The van der Waals surface area contributed by atoms with Gasteiger partial charge in [-0.05, 0) is 57.2 Å². The van der Waals surface area contributed by atoms with Crippen LogP contribution in [0.1, 0.15) is 30.6 Å². The summed E-state index contributed by atoms with van der Waals surface area (Å²) in [5.74, 6) is 2.71. The molecule has 0 aliphatic heterocycles. The summed E-state index contributed by atoms with van der Waals surface area (Å²) in [5, 5.41) is 18.0. The molecule has 7 nitrogen and oxygen atoms in total. The van der Waals surface area contributed by atoms with Crippen molar-refractivity contribution in [1.29, 1.82) is 0 Å². The highest BCUT2D eigenvalue weighted by molar-refractivity contribution is 7.99. The fourth-order valence-electron chi connectivity index (χ4n) is 3.03. The molecule has 0 spiro atoms. The van der Waals surface area contributed by atoms with E-state index in [0.717, 1.165) is 34.4 Å². The van der Waals surface area contributed by atoms with Crippen LogP contribution in [0.25, 0.3) is 22.8 Å². The van der Waals surface area contributed by atoms with E-state index in [1.165, 1.54) is 5.56 Å². The molecule has 0 bridgehead atoms. The molecule has 0 aliphatic rings. The smallest absolute Gasteiger partial charge is 0.247 e. The predicted octanol–water partition coefficient (Wildman–Crippen LogP) is 5.19. The first kappa shape index (κ1) is 20.2. The number of benzene rings is 2. The van der Waals surface area contributed by atoms with Crippen molar-refractivity contribution < 1.29 is 9.15 Å². The van der Waals surface area contributed by atoms with Gasteiger partial charge in [0.15, 0.2) is 11.0 Å². The van der Waals surface area contributed by atoms with Gasteiger partial charge in [0, 0.05) is 17.7 Å². The summed E-state index contributed by atoms with van der Waals surface area (Å²) in [6.07, 6.45) is 0. The molecule has 4 rings (SSSR count). The van der Waals surface area contributed by atoms with Crippen LogP contribution in [0.3, 0.4) is 0 Å². The Balaban J connectivity index is 1.54. The van der Waals surface area contributed by atoms with E-state index in [9.17, 15) is 0 Å². The summed E-state index contributed by atoms with van der Waals surface area (Å²) >= 11 is 1.55. The summed E-state index contributed by atoms with van der Waals surface area (Å²) < 4.78 is 13.2. The van der Waals surface area contributed by atoms with Crippen molar-refractivity contribution in [1.82, 2.24) is 25.0 Å². The Morgan fingerprint density at radius 3 is 2.33 bits per heavy atom. The molecule has 0 saturated carbocycles. The van der Waals surface area contributed by atoms with E-state index in [1.807, 2.05) is 62.4 Å². The molecule has 2 aromatic carbocycles. The Hall–Kier alpha value is -3.13. The van der Waals surface area contributed by atoms with Gasteiger partial charge in [-0.1, -0.05) is 29.5 Å². The molecular weight excluding hydrogens is 398 g/mol. The van der Waals surface area contributed by atoms with E-state index in [-0.39, 0.29) is 5.25 Å². The lowest BCUT2D eigenvalue weighted by atomic mass is 10.1. The molecule has 4 aromatic rings. The van der Waals surface area contributed by atoms with Crippen LogP contribution in [0.4, 0.5) is 0 Å². The van der Waals surface area contributed by atoms with Crippen LogP contribution in [0.15, 0.2) is 58.1 Å². The Morgan fingerprint density at radius 2 is 1.67 bits per heavy atom. The molecule has 0 N–H and O–H groups in total. The standard InChI is InChI=1S/C22H23N5O2S/c1-5-27-19(16-10-12-18(28-4)13-11-16)23-26-22(27)30-15(3)20-24-25-21(29-20)17-8-6-14(2)7-9-17/h6-13,15H,5H2,1-4H3/t15-/m0/s1. The molecule has 8 heteroatoms. The largest absolute Gasteiger partial charge is 0.497 e. The maximum absolute atomic E-state index is 5.92. The van der Waals surface area contributed by atoms with Gasteiger partial charge in [0.05, 0.1) is 12.4 Å². The number of aromatic nitrogens is 5. The molecule has 2 aromatic heterocycles. The van der Waals surface area contributed by atoms with Gasteiger partial charge in [0.25, 0.3) is 0 Å². The first-order valence-corrected chi connectivity index (χ1v) is 10.6. The van der Waals surface area contributed by atoms with Crippen molar-refractivity contribution in [3.63, 3.8) is 0 Å². The molecule has 0 unspecified atom stereocenters. The van der Waals surface area contributed by atoms with Crippen LogP contribution in [0.5, 0.6) is 5.75 Å². The molecule has 0 aliphatic carbocycles. The monoisotopic (exact) mass is 421 g/mol. The fourth-order valence-corrected chi connectivity index (χ4v) is 3.98. The van der Waals surface area contributed by atoms with E-state index in [1.54, 1.807) is 18.9 Å². The van der Waals surface area contributed by atoms with Crippen molar-refractivity contribution in [2.75, 3.05) is 7.11 Å². The summed E-state index contributed by atoms with van der Waals surface area (Å²) in [4.78, 5) is 0. The SMILES string of the molecule is CCn1c(S[C@@H](C)c2nnc(-c3ccc(C)cc3)o2)nnc1-c1ccc(OC)cc1. The number of nitrogens with zero attached hydrogens (tertiary/aromatic N) is 5. The van der Waals surface area contributed by atoms with Gasteiger partial charge in [-0.25, -0.2) is 0 Å². The average molecular weight is 422 g/mol. The second-order valence-corrected chi connectivity index (χ2v) is 8.16. The van der Waals surface area contributed by atoms with Crippen molar-refractivity contribution in [3.05, 3.63) is 60.0 Å². The highest BCUT2D eigenvalue weighted by Crippen LogP contribution is 2.36. The molecule has 0 fully saturated rings. The van der Waals surface area contributed by atoms with Crippen molar-refractivity contribution in [2.24, 2.45) is 0 Å². The number of hydrogen-bond acceptors (Lipinski definition) is 7. The second kappa shape index (κ2) is 8.71. The molecule has 2 heterocycles. The summed E-state index contributed by atoms with van der Waals surface area (Å²) in [6, 6.07) is 15.8. The first-order valence-electron chi connectivity index (χ1n) is 9.73. The zero-order valence-electron chi connectivity index (χ0n) is 17.4. The van der Waals surface area contributed by atoms with Gasteiger partial charge < -0.3 is 13.7 Å². The average Bonchev–Trinajstić information content (AvgIpc) is 3.42. The van der Waals surface area contributed by atoms with Gasteiger partial charge >= 0.3 is 0 Å². The Morgan fingerprint density at radius 1 is 0.967 bits per heavy atom. The first-order chi connectivity index (χ1) is 14.6. The zero-order chi connectivity index (χ0) is 21.1. The predicted molar refractivity (Wildman–Crippen MR) is 116 cm³/mol. The van der Waals surface area contributed by atoms with Crippen LogP contribution < -0.4 is 4.74 Å². The molecule has 30 heavy (non-hydrogen) atoms. The van der Waals surface area contributed by atoms with Crippen molar-refractivity contribution in [3.8, 4) is 28.6 Å². The number of hydrogen-bond donors (Lipinski definition) is 0. The molecule has 0 saturated heterocycles. The van der Waals surface area contributed by atoms with Gasteiger partial charge in [-0.15, -0.1) is 20.4 Å². The molecule has 1 atom stereocenters. The van der Waals surface area contributed by atoms with Gasteiger partial charge in [-0.3, -0.25) is 0 Å². The Bertz CT molecular complexity index is 1120. The lowest BCUT2D eigenvalue weighted by Gasteiger charge is -2.10. The molecule has 154 valence electrons. The summed E-state index contributed by atoms with van der Waals surface area (Å²) in [5.41, 5.74) is 3.09. The van der Waals surface area contributed by atoms with E-state index in [0.29, 0.717) is 11.8 Å². The van der Waals surface area contributed by atoms with Crippen LogP contribution in [-0.2, 0) is 6.54 Å². The van der Waals surface area contributed by atoms with Crippen LogP contribution in [0, 0.1) is 6.92 Å². The van der Waals surface area contributed by atoms with Crippen molar-refractivity contribution >= 4 is 11.8 Å². The number of rotatable bonds is 7. The minimum Gasteiger partial charge on any atom is -0.497 e. The minimum atomic E-state index is -0.0603. The third kappa shape index (κ3) is 4.09. The van der Waals surface area contributed by atoms with E-state index in [4.69, 9.17) is 9.15 Å². The number of methoxy groups -OCH3 is 1. The van der Waals surface area contributed by atoms with Crippen LogP contribution in [0.2, 0.25) is 0 Å². The number of thioether (sulfide) groups is 1. The molecular formula is C22H23N5O2S. The van der Waals surface area contributed by atoms with Crippen LogP contribution >= 0.6 is 11.8 Å². The highest BCUT2D eigenvalue weighted by Gasteiger charge is 2.21. The third-order valence-electron chi connectivity index (χ3n) is 4.75. The van der Waals surface area contributed by atoms with Gasteiger partial charge in [0.2, 0.25) is 11.8 Å². The quantitative estimate of drug-likeness (QED) is 0.380. The second-order valence-electron chi connectivity index (χ2n) is 6.85. The molecule has 0 amide bonds. The van der Waals surface area contributed by atoms with E-state index < -0.39 is 0 Å². The molecule has 0 radical (unpaired) electrons. The zero-order valence-corrected chi connectivity index (χ0v) is 18.2. The normalized spacial score (nSPS) is 12.1. The van der Waals surface area contributed by atoms with E-state index >= 15 is 0 Å². The number of aryl methyl sites for hydroxylation is 1. The Labute approximate surface area is 179 Å². The van der Waals surface area contributed by atoms with Gasteiger partial charge in [0.1, 0.15) is 5.75 Å². The topological polar surface area (TPSA) is 78.9 Å². The highest BCUT2D eigenvalue weighted by atomic mass is 32.2. The van der Waals surface area contributed by atoms with E-state index in [2.05, 4.69) is 31.9 Å². The van der Waals surface area contributed by atoms with Crippen molar-refractivity contribution in [2.45, 2.75) is 37.7 Å². The summed E-state index contributed by atoms with van der Waals surface area (Å²) in [6.45, 7) is 6.90. The Kier molecular flexibility index (Phi) is 5.85. The maximum atomic E-state index is 5.92. The third-order valence-corrected chi connectivity index (χ3v) is 5.82. The van der Waals surface area contributed by atoms with Gasteiger partial charge in [-0.2, -0.15) is 0 Å².